The van der Waals surface area contributed by atoms with Gasteiger partial charge < -0.3 is 4.90 Å². The molecule has 2 aliphatic heterocycles. The molecule has 14 heavy (non-hydrogen) atoms. The summed E-state index contributed by atoms with van der Waals surface area (Å²) in [4.78, 5) is 2.55. The van der Waals surface area contributed by atoms with Gasteiger partial charge >= 0.3 is 0 Å². The van der Waals surface area contributed by atoms with Crippen molar-refractivity contribution in [3.8, 4) is 0 Å². The quantitative estimate of drug-likeness (QED) is 0.600. The van der Waals surface area contributed by atoms with Crippen molar-refractivity contribution < 1.29 is 0 Å². The van der Waals surface area contributed by atoms with Crippen LogP contribution in [0.3, 0.4) is 0 Å². The summed E-state index contributed by atoms with van der Waals surface area (Å²) in [5.74, 6) is 0. The molecule has 3 rings (SSSR count). The first-order valence-corrected chi connectivity index (χ1v) is 5.48. The van der Waals surface area contributed by atoms with Crippen LogP contribution in [0.15, 0.2) is 24.3 Å². The van der Waals surface area contributed by atoms with Crippen molar-refractivity contribution in [3.63, 3.8) is 0 Å². The highest BCUT2D eigenvalue weighted by Crippen LogP contribution is 2.33. The molecule has 2 aliphatic rings. The summed E-state index contributed by atoms with van der Waals surface area (Å²) in [6.45, 7) is 2.44. The number of anilines is 1. The van der Waals surface area contributed by atoms with E-state index in [1.807, 2.05) is 0 Å². The molecule has 0 bridgehead atoms. The molecule has 0 spiro atoms. The predicted octanol–water partition coefficient (Wildman–Crippen LogP) is 2.86. The van der Waals surface area contributed by atoms with Crippen molar-refractivity contribution in [3.05, 3.63) is 35.4 Å². The van der Waals surface area contributed by atoms with Gasteiger partial charge in [-0.2, -0.15) is 0 Å². The monoisotopic (exact) mass is 185 g/mol. The van der Waals surface area contributed by atoms with E-state index in [0.717, 1.165) is 0 Å². The van der Waals surface area contributed by atoms with Gasteiger partial charge in [-0.25, -0.2) is 0 Å². The normalized spacial score (nSPS) is 19.0. The van der Waals surface area contributed by atoms with Crippen LogP contribution in [0.2, 0.25) is 0 Å². The Kier molecular flexibility index (Phi) is 1.83. The zero-order valence-corrected chi connectivity index (χ0v) is 8.37. The third-order valence-electron chi connectivity index (χ3n) is 3.20. The summed E-state index contributed by atoms with van der Waals surface area (Å²) in [7, 11) is 0. The van der Waals surface area contributed by atoms with Crippen LogP contribution in [-0.2, 0) is 6.42 Å². The molecule has 0 N–H and O–H groups in total. The van der Waals surface area contributed by atoms with E-state index in [-0.39, 0.29) is 0 Å². The standard InChI is InChI=1S/C13H15N/c1-2-9-14-10-4-8-12-7-3-6-11(5-1)13(12)14/h1,3,5-7H,2,4,8-10H2. The molecule has 1 aromatic carbocycles. The lowest BCUT2D eigenvalue weighted by molar-refractivity contribution is 0.694. The first-order valence-electron chi connectivity index (χ1n) is 5.48. The fourth-order valence-corrected chi connectivity index (χ4v) is 2.57. The fraction of sp³-hybridized carbons (Fsp3) is 0.385. The number of hydrogen-bond acceptors (Lipinski definition) is 1. The van der Waals surface area contributed by atoms with E-state index in [9.17, 15) is 0 Å². The van der Waals surface area contributed by atoms with Gasteiger partial charge in [-0.15, -0.1) is 0 Å². The Balaban J connectivity index is 2.20. The topological polar surface area (TPSA) is 3.24 Å². The van der Waals surface area contributed by atoms with Crippen LogP contribution in [0, 0.1) is 0 Å². The first-order chi connectivity index (χ1) is 6.95. The summed E-state index contributed by atoms with van der Waals surface area (Å²) in [6.07, 6.45) is 8.34. The fourth-order valence-electron chi connectivity index (χ4n) is 2.57. The molecule has 72 valence electrons. The summed E-state index contributed by atoms with van der Waals surface area (Å²) in [5, 5.41) is 0. The van der Waals surface area contributed by atoms with E-state index >= 15 is 0 Å². The van der Waals surface area contributed by atoms with E-state index < -0.39 is 0 Å². The van der Waals surface area contributed by atoms with Crippen molar-refractivity contribution in [1.29, 1.82) is 0 Å². The number of hydrogen-bond donors (Lipinski definition) is 0. The van der Waals surface area contributed by atoms with Crippen LogP contribution in [0.4, 0.5) is 5.69 Å². The van der Waals surface area contributed by atoms with E-state index in [4.69, 9.17) is 0 Å². The summed E-state index contributed by atoms with van der Waals surface area (Å²) in [6, 6.07) is 6.70. The van der Waals surface area contributed by atoms with Crippen LogP contribution in [0.25, 0.3) is 6.08 Å². The number of rotatable bonds is 0. The Morgan fingerprint density at radius 3 is 3.14 bits per heavy atom. The lowest BCUT2D eigenvalue weighted by Gasteiger charge is -2.31. The molecule has 2 heterocycles. The largest absolute Gasteiger partial charge is 0.371 e. The van der Waals surface area contributed by atoms with Crippen LogP contribution in [-0.4, -0.2) is 13.1 Å². The van der Waals surface area contributed by atoms with Crippen molar-refractivity contribution >= 4 is 11.8 Å². The number of para-hydroxylation sites is 1. The molecule has 1 heteroatoms. The Bertz CT molecular complexity index is 379. The third-order valence-corrected chi connectivity index (χ3v) is 3.20. The predicted molar refractivity (Wildman–Crippen MR) is 60.6 cm³/mol. The summed E-state index contributed by atoms with van der Waals surface area (Å²) >= 11 is 0. The summed E-state index contributed by atoms with van der Waals surface area (Å²) in [5.41, 5.74) is 4.47. The minimum absolute atomic E-state index is 1.19. The zero-order valence-electron chi connectivity index (χ0n) is 8.37. The average Bonchev–Trinajstić information content (AvgIpc) is 2.44. The van der Waals surface area contributed by atoms with E-state index in [1.54, 1.807) is 5.56 Å². The molecule has 0 saturated heterocycles. The molecular weight excluding hydrogens is 170 g/mol. The maximum atomic E-state index is 2.55. The van der Waals surface area contributed by atoms with Gasteiger partial charge in [-0.1, -0.05) is 30.4 Å². The van der Waals surface area contributed by atoms with Crippen LogP contribution in [0.5, 0.6) is 0 Å². The van der Waals surface area contributed by atoms with Gasteiger partial charge in [0.05, 0.1) is 0 Å². The van der Waals surface area contributed by atoms with E-state index in [1.165, 1.54) is 43.6 Å². The molecular formula is C13H15N. The first kappa shape index (κ1) is 8.10. The SMILES string of the molecule is C1=Cc2cccc3c2N(CC1)CCC3. The van der Waals surface area contributed by atoms with Crippen LogP contribution < -0.4 is 4.90 Å². The highest BCUT2D eigenvalue weighted by atomic mass is 15.1. The second-order valence-corrected chi connectivity index (χ2v) is 4.14. The Morgan fingerprint density at radius 1 is 1.14 bits per heavy atom. The molecule has 0 radical (unpaired) electrons. The van der Waals surface area contributed by atoms with E-state index in [0.29, 0.717) is 0 Å². The Hall–Kier alpha value is -1.24. The minimum Gasteiger partial charge on any atom is -0.371 e. The van der Waals surface area contributed by atoms with Gasteiger partial charge in [-0.3, -0.25) is 0 Å². The van der Waals surface area contributed by atoms with E-state index in [2.05, 4.69) is 35.3 Å². The average molecular weight is 185 g/mol. The van der Waals surface area contributed by atoms with Crippen molar-refractivity contribution in [1.82, 2.24) is 0 Å². The van der Waals surface area contributed by atoms with Gasteiger partial charge in [0, 0.05) is 18.8 Å². The highest BCUT2D eigenvalue weighted by molar-refractivity contribution is 5.73. The molecule has 0 unspecified atom stereocenters. The molecule has 0 aliphatic carbocycles. The highest BCUT2D eigenvalue weighted by Gasteiger charge is 2.19. The van der Waals surface area contributed by atoms with Gasteiger partial charge in [-0.05, 0) is 30.4 Å². The Labute approximate surface area is 85.0 Å². The maximum Gasteiger partial charge on any atom is 0.0472 e. The van der Waals surface area contributed by atoms with Crippen molar-refractivity contribution in [2.24, 2.45) is 0 Å². The lowest BCUT2D eigenvalue weighted by Crippen LogP contribution is -2.30. The number of nitrogens with zero attached hydrogens (tertiary/aromatic N) is 1. The molecule has 0 saturated carbocycles. The van der Waals surface area contributed by atoms with Gasteiger partial charge in [0.15, 0.2) is 0 Å². The molecule has 0 fully saturated rings. The van der Waals surface area contributed by atoms with Crippen molar-refractivity contribution in [2.45, 2.75) is 19.3 Å². The smallest absolute Gasteiger partial charge is 0.0472 e. The minimum atomic E-state index is 1.19. The van der Waals surface area contributed by atoms with Crippen LogP contribution >= 0.6 is 0 Å². The molecule has 0 amide bonds. The zero-order chi connectivity index (χ0) is 9.38. The molecule has 1 aromatic rings. The molecule has 0 atom stereocenters. The number of aryl methyl sites for hydroxylation is 1. The lowest BCUT2D eigenvalue weighted by atomic mass is 9.98. The van der Waals surface area contributed by atoms with Crippen molar-refractivity contribution in [2.75, 3.05) is 18.0 Å². The van der Waals surface area contributed by atoms with Gasteiger partial charge in [0.25, 0.3) is 0 Å². The molecule has 1 nitrogen and oxygen atoms in total. The summed E-state index contributed by atoms with van der Waals surface area (Å²) < 4.78 is 0. The second kappa shape index (κ2) is 3.16. The molecule has 0 aromatic heterocycles. The number of benzene rings is 1. The van der Waals surface area contributed by atoms with Gasteiger partial charge in [0.2, 0.25) is 0 Å². The maximum absolute atomic E-state index is 2.55. The van der Waals surface area contributed by atoms with Crippen LogP contribution in [0.1, 0.15) is 24.0 Å². The second-order valence-electron chi connectivity index (χ2n) is 4.14. The Morgan fingerprint density at radius 2 is 2.14 bits per heavy atom. The third kappa shape index (κ3) is 1.16. The van der Waals surface area contributed by atoms with Gasteiger partial charge in [0.1, 0.15) is 0 Å².